The van der Waals surface area contributed by atoms with Crippen LogP contribution >= 0.6 is 0 Å². The lowest BCUT2D eigenvalue weighted by atomic mass is 10.1. The highest BCUT2D eigenvalue weighted by Crippen LogP contribution is 2.19. The molecule has 0 aliphatic rings. The Hall–Kier alpha value is -2.66. The number of carbonyl (C=O) groups excluding carboxylic acids is 1. The summed E-state index contributed by atoms with van der Waals surface area (Å²) in [6.45, 7) is 1.76. The van der Waals surface area contributed by atoms with E-state index in [2.05, 4.69) is 5.10 Å². The van der Waals surface area contributed by atoms with Gasteiger partial charge in [0.25, 0.3) is 5.91 Å². The molecule has 1 amide bonds. The number of carbonyl (C=O) groups is 1. The quantitative estimate of drug-likeness (QED) is 0.773. The molecule has 0 spiro atoms. The maximum Gasteiger partial charge on any atom is 0.250 e. The van der Waals surface area contributed by atoms with Crippen molar-refractivity contribution in [1.29, 1.82) is 0 Å². The predicted octanol–water partition coefficient (Wildman–Crippen LogP) is 2.05. The summed E-state index contributed by atoms with van der Waals surface area (Å²) in [5.74, 6) is -0.483. The number of amides is 1. The summed E-state index contributed by atoms with van der Waals surface area (Å²) in [4.78, 5) is 11.5. The minimum atomic E-state index is -0.483. The van der Waals surface area contributed by atoms with E-state index in [4.69, 9.17) is 5.73 Å². The van der Waals surface area contributed by atoms with Crippen molar-refractivity contribution in [3.63, 3.8) is 0 Å². The molecule has 0 fully saturated rings. The van der Waals surface area contributed by atoms with Crippen LogP contribution in [0.1, 0.15) is 22.8 Å². The number of benzene rings is 2. The maximum atomic E-state index is 11.5. The molecule has 0 radical (unpaired) electrons. The second-order valence-corrected chi connectivity index (χ2v) is 5.40. The van der Waals surface area contributed by atoms with Crippen LogP contribution in [0.5, 0.6) is 0 Å². The van der Waals surface area contributed by atoms with Gasteiger partial charge >= 0.3 is 0 Å². The number of hydrogen-bond donors (Lipinski definition) is 2. The van der Waals surface area contributed by atoms with Gasteiger partial charge in [0.15, 0.2) is 0 Å². The molecule has 2 aromatic carbocycles. The Morgan fingerprint density at radius 3 is 2.64 bits per heavy atom. The molecule has 22 heavy (non-hydrogen) atoms. The third-order valence-electron chi connectivity index (χ3n) is 3.53. The average molecular weight is 295 g/mol. The number of aliphatic hydroxyl groups excluding tert-OH is 1. The van der Waals surface area contributed by atoms with Gasteiger partial charge in [0.2, 0.25) is 0 Å². The van der Waals surface area contributed by atoms with Crippen molar-refractivity contribution in [2.45, 2.75) is 19.4 Å². The molecule has 0 aliphatic carbocycles. The van der Waals surface area contributed by atoms with Crippen LogP contribution in [0.2, 0.25) is 0 Å². The molecule has 0 saturated heterocycles. The summed E-state index contributed by atoms with van der Waals surface area (Å²) in [6.07, 6.45) is 2.12. The molecule has 0 bridgehead atoms. The molecular formula is C17H17N3O2. The summed E-state index contributed by atoms with van der Waals surface area (Å²) >= 11 is 0. The minimum absolute atomic E-state index is 0.365. The van der Waals surface area contributed by atoms with Gasteiger partial charge < -0.3 is 10.8 Å². The predicted molar refractivity (Wildman–Crippen MR) is 85.0 cm³/mol. The minimum Gasteiger partial charge on any atom is -0.393 e. The Bertz CT molecular complexity index is 820. The van der Waals surface area contributed by atoms with Gasteiger partial charge in [-0.3, -0.25) is 4.79 Å². The second-order valence-electron chi connectivity index (χ2n) is 5.40. The fraction of sp³-hybridized carbons (Fsp3) is 0.176. The van der Waals surface area contributed by atoms with E-state index in [9.17, 15) is 9.90 Å². The van der Waals surface area contributed by atoms with E-state index in [0.717, 1.165) is 16.6 Å². The number of fused-ring (bicyclic) bond motifs is 1. The molecule has 112 valence electrons. The highest BCUT2D eigenvalue weighted by molar-refractivity contribution is 6.04. The normalized spacial score (nSPS) is 12.5. The van der Waals surface area contributed by atoms with Crippen molar-refractivity contribution < 1.29 is 9.90 Å². The molecule has 0 aliphatic heterocycles. The standard InChI is InChI=1S/C17H17N3O2/c1-11(21)9-12-5-7-14(8-6-12)20-10-13-3-2-4-15(17(18)22)16(13)19-20/h2-8,10-11,21H,9H2,1H3,(H2,18,22). The highest BCUT2D eigenvalue weighted by Gasteiger charge is 2.11. The number of aromatic nitrogens is 2. The van der Waals surface area contributed by atoms with E-state index in [-0.39, 0.29) is 6.10 Å². The highest BCUT2D eigenvalue weighted by atomic mass is 16.3. The lowest BCUT2D eigenvalue weighted by Gasteiger charge is -2.06. The van der Waals surface area contributed by atoms with Crippen LogP contribution in [0.15, 0.2) is 48.7 Å². The van der Waals surface area contributed by atoms with E-state index >= 15 is 0 Å². The molecule has 1 unspecified atom stereocenters. The van der Waals surface area contributed by atoms with E-state index in [1.165, 1.54) is 0 Å². The van der Waals surface area contributed by atoms with E-state index in [0.29, 0.717) is 17.5 Å². The first-order chi connectivity index (χ1) is 10.5. The van der Waals surface area contributed by atoms with Crippen LogP contribution in [-0.4, -0.2) is 26.9 Å². The lowest BCUT2D eigenvalue weighted by Crippen LogP contribution is -2.11. The largest absolute Gasteiger partial charge is 0.393 e. The number of rotatable bonds is 4. The van der Waals surface area contributed by atoms with Gasteiger partial charge in [-0.2, -0.15) is 5.10 Å². The van der Waals surface area contributed by atoms with Crippen LogP contribution in [-0.2, 0) is 6.42 Å². The van der Waals surface area contributed by atoms with Crippen molar-refractivity contribution in [2.75, 3.05) is 0 Å². The molecule has 5 nitrogen and oxygen atoms in total. The fourth-order valence-electron chi connectivity index (χ4n) is 2.50. The number of primary amides is 1. The Morgan fingerprint density at radius 2 is 2.00 bits per heavy atom. The van der Waals surface area contributed by atoms with Crippen molar-refractivity contribution in [2.24, 2.45) is 5.73 Å². The SMILES string of the molecule is CC(O)Cc1ccc(-n2cc3cccc(C(N)=O)c3n2)cc1. The van der Waals surface area contributed by atoms with Crippen molar-refractivity contribution in [3.05, 3.63) is 59.8 Å². The lowest BCUT2D eigenvalue weighted by molar-refractivity contribution is 0.100. The van der Waals surface area contributed by atoms with Gasteiger partial charge in [-0.15, -0.1) is 0 Å². The van der Waals surface area contributed by atoms with Crippen molar-refractivity contribution in [3.8, 4) is 5.69 Å². The van der Waals surface area contributed by atoms with Gasteiger partial charge in [-0.25, -0.2) is 4.68 Å². The number of hydrogen-bond acceptors (Lipinski definition) is 3. The average Bonchev–Trinajstić information content (AvgIpc) is 2.90. The Morgan fingerprint density at radius 1 is 1.27 bits per heavy atom. The van der Waals surface area contributed by atoms with E-state index < -0.39 is 5.91 Å². The Labute approximate surface area is 128 Å². The summed E-state index contributed by atoms with van der Waals surface area (Å²) in [6, 6.07) is 13.2. The molecule has 1 aromatic heterocycles. The van der Waals surface area contributed by atoms with Crippen molar-refractivity contribution >= 4 is 16.8 Å². The summed E-state index contributed by atoms with van der Waals surface area (Å²) in [5.41, 5.74) is 8.35. The Balaban J connectivity index is 2.00. The second kappa shape index (κ2) is 5.61. The molecule has 5 heteroatoms. The molecule has 3 rings (SSSR count). The van der Waals surface area contributed by atoms with E-state index in [1.54, 1.807) is 23.7 Å². The zero-order valence-corrected chi connectivity index (χ0v) is 12.2. The molecule has 1 heterocycles. The number of nitrogens with zero attached hydrogens (tertiary/aromatic N) is 2. The van der Waals surface area contributed by atoms with Crippen LogP contribution in [0.3, 0.4) is 0 Å². The zero-order chi connectivity index (χ0) is 15.7. The van der Waals surface area contributed by atoms with Crippen LogP contribution in [0, 0.1) is 0 Å². The van der Waals surface area contributed by atoms with Crippen LogP contribution in [0.25, 0.3) is 16.6 Å². The molecule has 1 atom stereocenters. The monoisotopic (exact) mass is 295 g/mol. The van der Waals surface area contributed by atoms with Crippen molar-refractivity contribution in [1.82, 2.24) is 9.78 Å². The Kier molecular flexibility index (Phi) is 3.65. The first-order valence-corrected chi connectivity index (χ1v) is 7.10. The van der Waals surface area contributed by atoms with Gasteiger partial charge in [-0.1, -0.05) is 24.3 Å². The number of aliphatic hydroxyl groups is 1. The van der Waals surface area contributed by atoms with E-state index in [1.807, 2.05) is 36.5 Å². The fourth-order valence-corrected chi connectivity index (χ4v) is 2.50. The van der Waals surface area contributed by atoms with Crippen LogP contribution in [0.4, 0.5) is 0 Å². The summed E-state index contributed by atoms with van der Waals surface area (Å²) in [7, 11) is 0. The first kappa shape index (κ1) is 14.3. The van der Waals surface area contributed by atoms with Gasteiger partial charge in [0.1, 0.15) is 5.52 Å². The molecule has 0 saturated carbocycles. The van der Waals surface area contributed by atoms with Gasteiger partial charge in [0.05, 0.1) is 17.4 Å². The molecular weight excluding hydrogens is 278 g/mol. The smallest absolute Gasteiger partial charge is 0.250 e. The van der Waals surface area contributed by atoms with Gasteiger partial charge in [-0.05, 0) is 37.1 Å². The summed E-state index contributed by atoms with van der Waals surface area (Å²) in [5, 5.41) is 14.7. The maximum absolute atomic E-state index is 11.5. The first-order valence-electron chi connectivity index (χ1n) is 7.10. The molecule has 3 N–H and O–H groups in total. The topological polar surface area (TPSA) is 81.1 Å². The third-order valence-corrected chi connectivity index (χ3v) is 3.53. The van der Waals surface area contributed by atoms with Crippen LogP contribution < -0.4 is 5.73 Å². The van der Waals surface area contributed by atoms with Gasteiger partial charge in [0, 0.05) is 11.6 Å². The zero-order valence-electron chi connectivity index (χ0n) is 12.2. The third kappa shape index (κ3) is 2.71. The summed E-state index contributed by atoms with van der Waals surface area (Å²) < 4.78 is 1.73. The molecule has 3 aromatic rings. The number of nitrogens with two attached hydrogens (primary N) is 1.